The van der Waals surface area contributed by atoms with Gasteiger partial charge < -0.3 is 19.5 Å². The zero-order chi connectivity index (χ0) is 22.1. The van der Waals surface area contributed by atoms with E-state index in [9.17, 15) is 14.4 Å². The van der Waals surface area contributed by atoms with E-state index in [2.05, 4.69) is 10.1 Å². The van der Waals surface area contributed by atoms with Crippen LogP contribution in [0.15, 0.2) is 48.5 Å². The first-order valence-electron chi connectivity index (χ1n) is 9.30. The molecule has 0 fully saturated rings. The maximum absolute atomic E-state index is 12.5. The molecule has 0 saturated carbocycles. The van der Waals surface area contributed by atoms with Gasteiger partial charge in [-0.1, -0.05) is 35.9 Å². The number of esters is 2. The number of ether oxygens (including phenoxy) is 3. The van der Waals surface area contributed by atoms with E-state index in [1.807, 2.05) is 31.2 Å². The Balaban J connectivity index is 2.14. The molecule has 0 unspecified atom stereocenters. The minimum absolute atomic E-state index is 0.0458. The molecular weight excluding hydrogens is 386 g/mol. The molecule has 0 aromatic heterocycles. The fraction of sp³-hybridized carbons (Fsp3) is 0.261. The van der Waals surface area contributed by atoms with Gasteiger partial charge in [-0.3, -0.25) is 9.59 Å². The Morgan fingerprint density at radius 1 is 1.03 bits per heavy atom. The van der Waals surface area contributed by atoms with E-state index in [4.69, 9.17) is 9.47 Å². The van der Waals surface area contributed by atoms with Crippen LogP contribution in [-0.4, -0.2) is 32.1 Å². The number of rotatable bonds is 8. The van der Waals surface area contributed by atoms with Crippen LogP contribution in [0.1, 0.15) is 36.1 Å². The van der Waals surface area contributed by atoms with Gasteiger partial charge in [-0.2, -0.15) is 0 Å². The third-order valence-corrected chi connectivity index (χ3v) is 4.25. The molecule has 7 heteroatoms. The maximum Gasteiger partial charge on any atom is 0.330 e. The van der Waals surface area contributed by atoms with Crippen LogP contribution in [0.3, 0.4) is 0 Å². The first-order chi connectivity index (χ1) is 14.3. The summed E-state index contributed by atoms with van der Waals surface area (Å²) in [5.41, 5.74) is 2.56. The van der Waals surface area contributed by atoms with Crippen LogP contribution in [0.25, 0.3) is 6.08 Å². The van der Waals surface area contributed by atoms with Crippen LogP contribution >= 0.6 is 0 Å². The lowest BCUT2D eigenvalue weighted by atomic mass is 10.0. The molecule has 0 aliphatic heterocycles. The Morgan fingerprint density at radius 3 is 2.33 bits per heavy atom. The monoisotopic (exact) mass is 411 g/mol. The van der Waals surface area contributed by atoms with Gasteiger partial charge in [-0.05, 0) is 36.3 Å². The lowest BCUT2D eigenvalue weighted by Gasteiger charge is -2.18. The number of carbonyl (C=O) groups is 3. The molecule has 0 aliphatic rings. The molecule has 0 saturated heterocycles. The maximum atomic E-state index is 12.5. The van der Waals surface area contributed by atoms with Crippen molar-refractivity contribution in [1.82, 2.24) is 5.32 Å². The lowest BCUT2D eigenvalue weighted by Crippen LogP contribution is -2.29. The average Bonchev–Trinajstić information content (AvgIpc) is 2.72. The second-order valence-electron chi connectivity index (χ2n) is 6.61. The van der Waals surface area contributed by atoms with Gasteiger partial charge >= 0.3 is 11.9 Å². The molecule has 1 amide bonds. The summed E-state index contributed by atoms with van der Waals surface area (Å²) in [5.74, 6) is -0.673. The van der Waals surface area contributed by atoms with Crippen LogP contribution < -0.4 is 14.8 Å². The van der Waals surface area contributed by atoms with Crippen LogP contribution in [-0.2, 0) is 19.1 Å². The summed E-state index contributed by atoms with van der Waals surface area (Å²) in [6, 6.07) is 11.9. The first kappa shape index (κ1) is 22.7. The number of amides is 1. The molecule has 0 spiro atoms. The molecule has 158 valence electrons. The number of nitrogens with one attached hydrogen (secondary N) is 1. The molecule has 2 rings (SSSR count). The van der Waals surface area contributed by atoms with Gasteiger partial charge in [-0.25, -0.2) is 4.79 Å². The summed E-state index contributed by atoms with van der Waals surface area (Å²) in [6.45, 7) is 3.36. The number of benzene rings is 2. The molecule has 1 atom stereocenters. The van der Waals surface area contributed by atoms with Gasteiger partial charge in [0.25, 0.3) is 0 Å². The summed E-state index contributed by atoms with van der Waals surface area (Å²) in [4.78, 5) is 35.4. The number of hydrogen-bond donors (Lipinski definition) is 1. The van der Waals surface area contributed by atoms with Crippen molar-refractivity contribution < 1.29 is 28.6 Å². The number of hydrogen-bond acceptors (Lipinski definition) is 6. The van der Waals surface area contributed by atoms with Crippen molar-refractivity contribution in [2.45, 2.75) is 26.3 Å². The van der Waals surface area contributed by atoms with Crippen molar-refractivity contribution in [3.63, 3.8) is 0 Å². The predicted molar refractivity (Wildman–Crippen MR) is 112 cm³/mol. The molecule has 0 aliphatic carbocycles. The highest BCUT2D eigenvalue weighted by molar-refractivity contribution is 5.87. The Hall–Kier alpha value is -3.61. The van der Waals surface area contributed by atoms with E-state index < -0.39 is 18.0 Å². The minimum atomic E-state index is -0.523. The number of methoxy groups -OCH3 is 2. The van der Waals surface area contributed by atoms with Gasteiger partial charge in [0.05, 0.1) is 26.7 Å². The van der Waals surface area contributed by atoms with Gasteiger partial charge in [0.15, 0.2) is 11.5 Å². The molecule has 0 bridgehead atoms. The summed E-state index contributed by atoms with van der Waals surface area (Å²) < 4.78 is 15.3. The molecule has 1 N–H and O–H groups in total. The van der Waals surface area contributed by atoms with Crippen LogP contribution in [0, 0.1) is 6.92 Å². The SMILES string of the molecule is COC(=O)/C=C/c1ccc(OC(=O)C[C@H](NC(C)=O)c2ccc(C)cc2)c(OC)c1. The minimum Gasteiger partial charge on any atom is -0.493 e. The summed E-state index contributed by atoms with van der Waals surface area (Å²) >= 11 is 0. The topological polar surface area (TPSA) is 90.9 Å². The standard InChI is InChI=1S/C23H25NO6/c1-15-5-9-18(10-6-15)19(24-16(2)25)14-23(27)30-20-11-7-17(13-21(20)28-3)8-12-22(26)29-4/h5-13,19H,14H2,1-4H3,(H,24,25)/b12-8+/t19-/m0/s1. The van der Waals surface area contributed by atoms with Crippen molar-refractivity contribution in [2.75, 3.05) is 14.2 Å². The van der Waals surface area contributed by atoms with E-state index in [1.54, 1.807) is 24.3 Å². The first-order valence-corrected chi connectivity index (χ1v) is 9.30. The predicted octanol–water partition coefficient (Wildman–Crippen LogP) is 3.36. The number of carbonyl (C=O) groups excluding carboxylic acids is 3. The van der Waals surface area contributed by atoms with Crippen LogP contribution in [0.2, 0.25) is 0 Å². The van der Waals surface area contributed by atoms with E-state index in [0.29, 0.717) is 11.3 Å². The second kappa shape index (κ2) is 10.8. The second-order valence-corrected chi connectivity index (χ2v) is 6.61. The largest absolute Gasteiger partial charge is 0.493 e. The summed E-state index contributed by atoms with van der Waals surface area (Å²) in [7, 11) is 2.74. The van der Waals surface area contributed by atoms with Crippen LogP contribution in [0.5, 0.6) is 11.5 Å². The van der Waals surface area contributed by atoms with Gasteiger partial charge in [0.2, 0.25) is 5.91 Å². The Morgan fingerprint density at radius 2 is 1.73 bits per heavy atom. The average molecular weight is 411 g/mol. The molecule has 0 heterocycles. The smallest absolute Gasteiger partial charge is 0.330 e. The van der Waals surface area contributed by atoms with E-state index in [1.165, 1.54) is 27.2 Å². The van der Waals surface area contributed by atoms with Crippen molar-refractivity contribution >= 4 is 23.9 Å². The fourth-order valence-corrected chi connectivity index (χ4v) is 2.73. The van der Waals surface area contributed by atoms with Crippen molar-refractivity contribution in [2.24, 2.45) is 0 Å². The van der Waals surface area contributed by atoms with E-state index in [-0.39, 0.29) is 18.1 Å². The molecule has 30 heavy (non-hydrogen) atoms. The highest BCUT2D eigenvalue weighted by Gasteiger charge is 2.20. The van der Waals surface area contributed by atoms with Gasteiger partial charge in [0, 0.05) is 13.0 Å². The fourth-order valence-electron chi connectivity index (χ4n) is 2.73. The van der Waals surface area contributed by atoms with E-state index in [0.717, 1.165) is 11.1 Å². The third kappa shape index (κ3) is 6.77. The Bertz CT molecular complexity index is 933. The van der Waals surface area contributed by atoms with Crippen LogP contribution in [0.4, 0.5) is 0 Å². The van der Waals surface area contributed by atoms with Crippen molar-refractivity contribution in [3.05, 3.63) is 65.2 Å². The van der Waals surface area contributed by atoms with Crippen molar-refractivity contribution in [1.29, 1.82) is 0 Å². The summed E-state index contributed by atoms with van der Waals surface area (Å²) in [6.07, 6.45) is 2.79. The Kier molecular flexibility index (Phi) is 8.17. The Labute approximate surface area is 175 Å². The van der Waals surface area contributed by atoms with E-state index >= 15 is 0 Å². The highest BCUT2D eigenvalue weighted by Crippen LogP contribution is 2.29. The van der Waals surface area contributed by atoms with Gasteiger partial charge in [-0.15, -0.1) is 0 Å². The van der Waals surface area contributed by atoms with Gasteiger partial charge in [0.1, 0.15) is 0 Å². The molecular formula is C23H25NO6. The molecule has 0 radical (unpaired) electrons. The number of aryl methyl sites for hydroxylation is 1. The highest BCUT2D eigenvalue weighted by atomic mass is 16.6. The molecule has 2 aromatic carbocycles. The zero-order valence-corrected chi connectivity index (χ0v) is 17.4. The zero-order valence-electron chi connectivity index (χ0n) is 17.4. The van der Waals surface area contributed by atoms with Crippen molar-refractivity contribution in [3.8, 4) is 11.5 Å². The molecule has 7 nitrogen and oxygen atoms in total. The third-order valence-electron chi connectivity index (χ3n) is 4.25. The molecule has 2 aromatic rings. The normalized spacial score (nSPS) is 11.6. The lowest BCUT2D eigenvalue weighted by molar-refractivity contribution is -0.136. The quantitative estimate of drug-likeness (QED) is 0.407. The summed E-state index contributed by atoms with van der Waals surface area (Å²) in [5, 5.41) is 2.78.